The molecule has 1 aromatic heterocycles. The fraction of sp³-hybridized carbons (Fsp3) is 0.455. The molecule has 0 radical (unpaired) electrons. The molecule has 0 aromatic carbocycles. The van der Waals surface area contributed by atoms with Crippen LogP contribution in [0.2, 0.25) is 0 Å². The smallest absolute Gasteiger partial charge is 0.361 e. The monoisotopic (exact) mass is 339 g/mol. The molecule has 1 rings (SSSR count). The Morgan fingerprint density at radius 3 is 2.79 bits per heavy atom. The number of rotatable bonds is 5. The fourth-order valence-corrected chi connectivity index (χ4v) is 1.56. The summed E-state index contributed by atoms with van der Waals surface area (Å²) >= 11 is 3.15. The predicted octanol–water partition coefficient (Wildman–Crippen LogP) is 3.54. The SMILES string of the molecule is CCOCN(C)c1ncc(Br)cc1N=CC(F)(F)F. The van der Waals surface area contributed by atoms with E-state index in [1.807, 2.05) is 6.92 Å². The third-order valence-corrected chi connectivity index (χ3v) is 2.45. The number of anilines is 1. The summed E-state index contributed by atoms with van der Waals surface area (Å²) in [5.74, 6) is 0.317. The molecule has 4 nitrogen and oxygen atoms in total. The lowest BCUT2D eigenvalue weighted by Crippen LogP contribution is -2.22. The minimum Gasteiger partial charge on any atom is -0.361 e. The van der Waals surface area contributed by atoms with Crippen molar-refractivity contribution in [3.05, 3.63) is 16.7 Å². The molecule has 19 heavy (non-hydrogen) atoms. The third-order valence-electron chi connectivity index (χ3n) is 2.01. The lowest BCUT2D eigenvalue weighted by Gasteiger charge is -2.19. The molecule has 0 atom stereocenters. The van der Waals surface area contributed by atoms with Gasteiger partial charge in [-0.1, -0.05) is 0 Å². The van der Waals surface area contributed by atoms with Crippen LogP contribution in [0.25, 0.3) is 0 Å². The molecule has 0 aliphatic rings. The van der Waals surface area contributed by atoms with Gasteiger partial charge in [-0.15, -0.1) is 0 Å². The van der Waals surface area contributed by atoms with Gasteiger partial charge in [0.05, 0.1) is 0 Å². The zero-order valence-corrected chi connectivity index (χ0v) is 12.0. The topological polar surface area (TPSA) is 37.7 Å². The van der Waals surface area contributed by atoms with E-state index in [4.69, 9.17) is 4.74 Å². The van der Waals surface area contributed by atoms with Crippen LogP contribution in [0, 0.1) is 0 Å². The fourth-order valence-electron chi connectivity index (χ4n) is 1.24. The Balaban J connectivity index is 3.01. The second kappa shape index (κ2) is 6.85. The molecule has 0 aliphatic heterocycles. The van der Waals surface area contributed by atoms with Gasteiger partial charge in [0.25, 0.3) is 0 Å². The largest absolute Gasteiger partial charge is 0.426 e. The van der Waals surface area contributed by atoms with Gasteiger partial charge in [0, 0.05) is 24.3 Å². The summed E-state index contributed by atoms with van der Waals surface area (Å²) in [7, 11) is 1.67. The predicted molar refractivity (Wildman–Crippen MR) is 71.0 cm³/mol. The summed E-state index contributed by atoms with van der Waals surface area (Å²) < 4.78 is 42.2. The quantitative estimate of drug-likeness (QED) is 0.608. The molecule has 0 N–H and O–H groups in total. The number of nitrogens with zero attached hydrogens (tertiary/aromatic N) is 3. The maximum absolute atomic E-state index is 12.2. The summed E-state index contributed by atoms with van der Waals surface area (Å²) in [6, 6.07) is 1.47. The van der Waals surface area contributed by atoms with Crippen LogP contribution in [0.1, 0.15) is 6.92 Å². The summed E-state index contributed by atoms with van der Waals surface area (Å²) in [4.78, 5) is 9.06. The summed E-state index contributed by atoms with van der Waals surface area (Å²) in [6.45, 7) is 2.55. The van der Waals surface area contributed by atoms with Crippen molar-refractivity contribution >= 4 is 33.6 Å². The highest BCUT2D eigenvalue weighted by atomic mass is 79.9. The first-order valence-electron chi connectivity index (χ1n) is 5.40. The summed E-state index contributed by atoms with van der Waals surface area (Å²) in [5.41, 5.74) is 0.119. The molecule has 0 saturated heterocycles. The first-order valence-corrected chi connectivity index (χ1v) is 6.19. The number of aliphatic imine (C=N–C) groups is 1. The second-order valence-corrected chi connectivity index (χ2v) is 4.53. The number of aromatic nitrogens is 1. The normalized spacial score (nSPS) is 12.1. The van der Waals surface area contributed by atoms with Crippen LogP contribution in [-0.2, 0) is 4.74 Å². The number of ether oxygens (including phenoxy) is 1. The highest BCUT2D eigenvalue weighted by Gasteiger charge is 2.24. The minimum atomic E-state index is -4.46. The Bertz CT molecular complexity index is 451. The van der Waals surface area contributed by atoms with E-state index in [9.17, 15) is 13.2 Å². The van der Waals surface area contributed by atoms with Crippen molar-refractivity contribution in [1.82, 2.24) is 4.98 Å². The van der Waals surface area contributed by atoms with E-state index >= 15 is 0 Å². The highest BCUT2D eigenvalue weighted by Crippen LogP contribution is 2.29. The number of pyridine rings is 1. The van der Waals surface area contributed by atoms with Crippen molar-refractivity contribution in [3.63, 3.8) is 0 Å². The Kier molecular flexibility index (Phi) is 5.74. The molecule has 0 unspecified atom stereocenters. The number of alkyl halides is 3. The van der Waals surface area contributed by atoms with Gasteiger partial charge in [-0.2, -0.15) is 13.2 Å². The number of hydrogen-bond acceptors (Lipinski definition) is 4. The average Bonchev–Trinajstić information content (AvgIpc) is 2.32. The molecule has 0 saturated carbocycles. The number of hydrogen-bond donors (Lipinski definition) is 0. The molecule has 106 valence electrons. The van der Waals surface area contributed by atoms with E-state index in [0.29, 0.717) is 16.9 Å². The first-order chi connectivity index (χ1) is 8.83. The second-order valence-electron chi connectivity index (χ2n) is 3.62. The zero-order valence-electron chi connectivity index (χ0n) is 10.4. The van der Waals surface area contributed by atoms with Crippen LogP contribution in [0.3, 0.4) is 0 Å². The molecule has 8 heteroatoms. The van der Waals surface area contributed by atoms with E-state index in [1.165, 1.54) is 12.3 Å². The maximum Gasteiger partial charge on any atom is 0.426 e. The third kappa shape index (κ3) is 5.56. The van der Waals surface area contributed by atoms with E-state index in [-0.39, 0.29) is 18.6 Å². The van der Waals surface area contributed by atoms with Crippen LogP contribution in [0.4, 0.5) is 24.7 Å². The van der Waals surface area contributed by atoms with Crippen molar-refractivity contribution in [2.45, 2.75) is 13.1 Å². The minimum absolute atomic E-state index is 0.0610. The van der Waals surface area contributed by atoms with Gasteiger partial charge in [0.15, 0.2) is 5.82 Å². The van der Waals surface area contributed by atoms with Gasteiger partial charge in [-0.3, -0.25) is 0 Å². The van der Waals surface area contributed by atoms with Gasteiger partial charge < -0.3 is 9.64 Å². The van der Waals surface area contributed by atoms with Gasteiger partial charge in [-0.25, -0.2) is 9.98 Å². The van der Waals surface area contributed by atoms with Crippen LogP contribution in [-0.4, -0.2) is 37.8 Å². The Hall–Kier alpha value is -1.15. The van der Waals surface area contributed by atoms with Crippen LogP contribution in [0.5, 0.6) is 0 Å². The van der Waals surface area contributed by atoms with Crippen molar-refractivity contribution in [3.8, 4) is 0 Å². The highest BCUT2D eigenvalue weighted by molar-refractivity contribution is 9.10. The summed E-state index contributed by atoms with van der Waals surface area (Å²) in [5, 5.41) is 0. The van der Waals surface area contributed by atoms with Crippen molar-refractivity contribution in [2.75, 3.05) is 25.3 Å². The van der Waals surface area contributed by atoms with Gasteiger partial charge >= 0.3 is 6.18 Å². The van der Waals surface area contributed by atoms with Crippen molar-refractivity contribution in [1.29, 1.82) is 0 Å². The maximum atomic E-state index is 12.2. The average molecular weight is 340 g/mol. The molecule has 0 amide bonds. The lowest BCUT2D eigenvalue weighted by molar-refractivity contribution is -0.0535. The Labute approximate surface area is 117 Å². The number of halogens is 4. The standard InChI is InChI=1S/C11H13BrF3N3O/c1-3-19-7-18(2)10-9(4-8(12)5-16-10)17-6-11(13,14)15/h4-6H,3,7H2,1-2H3. The molecule has 0 spiro atoms. The van der Waals surface area contributed by atoms with E-state index in [0.717, 1.165) is 0 Å². The molecule has 1 aromatic rings. The van der Waals surface area contributed by atoms with Crippen LogP contribution >= 0.6 is 15.9 Å². The lowest BCUT2D eigenvalue weighted by atomic mass is 10.4. The molecule has 1 heterocycles. The van der Waals surface area contributed by atoms with Crippen LogP contribution < -0.4 is 4.90 Å². The molecule has 0 fully saturated rings. The van der Waals surface area contributed by atoms with Crippen molar-refractivity contribution in [2.24, 2.45) is 4.99 Å². The Morgan fingerprint density at radius 1 is 1.53 bits per heavy atom. The van der Waals surface area contributed by atoms with E-state index < -0.39 is 6.18 Å². The van der Waals surface area contributed by atoms with Gasteiger partial charge in [0.2, 0.25) is 0 Å². The first kappa shape index (κ1) is 15.9. The van der Waals surface area contributed by atoms with E-state index in [1.54, 1.807) is 11.9 Å². The Morgan fingerprint density at radius 2 is 2.21 bits per heavy atom. The van der Waals surface area contributed by atoms with Crippen molar-refractivity contribution < 1.29 is 17.9 Å². The molecule has 0 bridgehead atoms. The zero-order chi connectivity index (χ0) is 14.5. The molecular weight excluding hydrogens is 327 g/mol. The molecular formula is C11H13BrF3N3O. The summed E-state index contributed by atoms with van der Waals surface area (Å²) in [6.07, 6.45) is -3.03. The van der Waals surface area contributed by atoms with Gasteiger partial charge in [-0.05, 0) is 28.9 Å². The van der Waals surface area contributed by atoms with E-state index in [2.05, 4.69) is 25.9 Å². The molecule has 0 aliphatic carbocycles. The van der Waals surface area contributed by atoms with Gasteiger partial charge in [0.1, 0.15) is 18.6 Å². The van der Waals surface area contributed by atoms with Crippen LogP contribution in [0.15, 0.2) is 21.7 Å².